The molecule has 2 heterocycles. The van der Waals surface area contributed by atoms with Gasteiger partial charge in [0.25, 0.3) is 0 Å². The van der Waals surface area contributed by atoms with Gasteiger partial charge in [0.05, 0.1) is 15.9 Å². The molecule has 4 nitrogen and oxygen atoms in total. The number of aromatic hydroxyl groups is 1. The number of halogens is 1. The van der Waals surface area contributed by atoms with Crippen LogP contribution < -0.4 is 9.64 Å². The first-order chi connectivity index (χ1) is 11.7. The van der Waals surface area contributed by atoms with E-state index in [0.717, 1.165) is 42.1 Å². The standard InChI is InChI=1S/C18H17ClN2O2S/c19-12-1-3-13(4-2-12)23-14-7-9-21(10-8-14)15-5-6-16-17(18(15)22)20-11-24-16/h1-6,11,14,22H,7-10H2. The lowest BCUT2D eigenvalue weighted by Crippen LogP contribution is -2.38. The first kappa shape index (κ1) is 15.5. The summed E-state index contributed by atoms with van der Waals surface area (Å²) in [5, 5.41) is 11.2. The summed E-state index contributed by atoms with van der Waals surface area (Å²) in [7, 11) is 0. The Bertz CT molecular complexity index is 842. The zero-order chi connectivity index (χ0) is 16.5. The molecule has 1 N–H and O–H groups in total. The van der Waals surface area contributed by atoms with Crippen molar-refractivity contribution in [3.63, 3.8) is 0 Å². The van der Waals surface area contributed by atoms with E-state index in [1.165, 1.54) is 0 Å². The van der Waals surface area contributed by atoms with Crippen molar-refractivity contribution < 1.29 is 9.84 Å². The van der Waals surface area contributed by atoms with Crippen LogP contribution in [0, 0.1) is 0 Å². The van der Waals surface area contributed by atoms with Gasteiger partial charge in [-0.1, -0.05) is 11.6 Å². The van der Waals surface area contributed by atoms with E-state index < -0.39 is 0 Å². The van der Waals surface area contributed by atoms with E-state index in [1.54, 1.807) is 16.8 Å². The van der Waals surface area contributed by atoms with E-state index in [-0.39, 0.29) is 11.9 Å². The van der Waals surface area contributed by atoms with Gasteiger partial charge in [-0.3, -0.25) is 0 Å². The molecule has 2 aromatic carbocycles. The van der Waals surface area contributed by atoms with Crippen LogP contribution in [0.4, 0.5) is 5.69 Å². The van der Waals surface area contributed by atoms with Crippen LogP contribution in [0.1, 0.15) is 12.8 Å². The fourth-order valence-electron chi connectivity index (χ4n) is 3.08. The molecule has 1 aliphatic rings. The topological polar surface area (TPSA) is 45.6 Å². The number of phenolic OH excluding ortho intramolecular Hbond substituents is 1. The smallest absolute Gasteiger partial charge is 0.166 e. The summed E-state index contributed by atoms with van der Waals surface area (Å²) in [5.74, 6) is 1.13. The Hall–Kier alpha value is -1.98. The van der Waals surface area contributed by atoms with Gasteiger partial charge in [-0.15, -0.1) is 11.3 Å². The maximum absolute atomic E-state index is 10.5. The second-order valence-corrected chi connectivity index (χ2v) is 7.21. The van der Waals surface area contributed by atoms with Crippen molar-refractivity contribution in [3.05, 3.63) is 46.9 Å². The van der Waals surface area contributed by atoms with Crippen LogP contribution in [0.25, 0.3) is 10.2 Å². The Balaban J connectivity index is 1.43. The molecular formula is C18H17ClN2O2S. The van der Waals surface area contributed by atoms with Gasteiger partial charge < -0.3 is 14.7 Å². The molecule has 0 saturated carbocycles. The summed E-state index contributed by atoms with van der Waals surface area (Å²) in [6.45, 7) is 1.70. The SMILES string of the molecule is Oc1c(N2CCC(Oc3ccc(Cl)cc3)CC2)ccc2scnc12. The fraction of sp³-hybridized carbons (Fsp3) is 0.278. The lowest BCUT2D eigenvalue weighted by molar-refractivity contribution is 0.171. The van der Waals surface area contributed by atoms with Gasteiger partial charge in [-0.05, 0) is 36.4 Å². The lowest BCUT2D eigenvalue weighted by Gasteiger charge is -2.34. The van der Waals surface area contributed by atoms with E-state index in [0.29, 0.717) is 10.5 Å². The molecule has 0 amide bonds. The molecule has 0 bridgehead atoms. The third-order valence-electron chi connectivity index (χ3n) is 4.35. The zero-order valence-electron chi connectivity index (χ0n) is 13.0. The molecule has 0 radical (unpaired) electrons. The lowest BCUT2D eigenvalue weighted by atomic mass is 10.1. The molecule has 124 valence electrons. The van der Waals surface area contributed by atoms with Crippen LogP contribution in [0.3, 0.4) is 0 Å². The third-order valence-corrected chi connectivity index (χ3v) is 5.40. The molecule has 1 fully saturated rings. The molecule has 1 aromatic heterocycles. The highest BCUT2D eigenvalue weighted by Gasteiger charge is 2.23. The Kier molecular flexibility index (Phi) is 4.21. The minimum atomic E-state index is 0.188. The highest BCUT2D eigenvalue weighted by molar-refractivity contribution is 7.16. The van der Waals surface area contributed by atoms with Crippen LogP contribution in [0.15, 0.2) is 41.9 Å². The average molecular weight is 361 g/mol. The minimum Gasteiger partial charge on any atom is -0.504 e. The van der Waals surface area contributed by atoms with Gasteiger partial charge in [0.2, 0.25) is 0 Å². The summed E-state index contributed by atoms with van der Waals surface area (Å²) < 4.78 is 7.04. The molecule has 3 aromatic rings. The van der Waals surface area contributed by atoms with Gasteiger partial charge in [-0.2, -0.15) is 0 Å². The van der Waals surface area contributed by atoms with E-state index in [9.17, 15) is 5.11 Å². The number of fused-ring (bicyclic) bond motifs is 1. The van der Waals surface area contributed by atoms with Crippen molar-refractivity contribution in [3.8, 4) is 11.5 Å². The Labute approximate surface area is 149 Å². The van der Waals surface area contributed by atoms with Crippen molar-refractivity contribution >= 4 is 38.8 Å². The van der Waals surface area contributed by atoms with Crippen LogP contribution >= 0.6 is 22.9 Å². The first-order valence-corrected chi connectivity index (χ1v) is 9.19. The molecule has 1 saturated heterocycles. The van der Waals surface area contributed by atoms with Crippen LogP contribution in [0.5, 0.6) is 11.5 Å². The highest BCUT2D eigenvalue weighted by Crippen LogP contribution is 2.37. The van der Waals surface area contributed by atoms with E-state index in [2.05, 4.69) is 9.88 Å². The summed E-state index contributed by atoms with van der Waals surface area (Å²) in [4.78, 5) is 6.46. The average Bonchev–Trinajstić information content (AvgIpc) is 3.08. The number of phenols is 1. The van der Waals surface area contributed by atoms with Gasteiger partial charge in [0, 0.05) is 31.0 Å². The van der Waals surface area contributed by atoms with Gasteiger partial charge in [-0.25, -0.2) is 4.98 Å². The number of nitrogens with zero attached hydrogens (tertiary/aromatic N) is 2. The van der Waals surface area contributed by atoms with Crippen LogP contribution in [-0.2, 0) is 0 Å². The molecule has 6 heteroatoms. The number of aromatic nitrogens is 1. The maximum atomic E-state index is 10.5. The summed E-state index contributed by atoms with van der Waals surface area (Å²) >= 11 is 7.44. The quantitative estimate of drug-likeness (QED) is 0.735. The molecule has 4 rings (SSSR count). The zero-order valence-corrected chi connectivity index (χ0v) is 14.6. The summed E-state index contributed by atoms with van der Waals surface area (Å²) in [5.41, 5.74) is 3.32. The monoisotopic (exact) mass is 360 g/mol. The molecule has 0 atom stereocenters. The maximum Gasteiger partial charge on any atom is 0.166 e. The molecular weight excluding hydrogens is 344 g/mol. The number of rotatable bonds is 3. The first-order valence-electron chi connectivity index (χ1n) is 7.93. The van der Waals surface area contributed by atoms with E-state index in [1.807, 2.05) is 36.4 Å². The molecule has 1 aliphatic heterocycles. The molecule has 0 aliphatic carbocycles. The molecule has 0 unspecified atom stereocenters. The van der Waals surface area contributed by atoms with E-state index >= 15 is 0 Å². The number of ether oxygens (including phenoxy) is 1. The number of piperidine rings is 1. The fourth-order valence-corrected chi connectivity index (χ4v) is 3.89. The predicted octanol–water partition coefficient (Wildman–Crippen LogP) is 4.70. The predicted molar refractivity (Wildman–Crippen MR) is 98.6 cm³/mol. The third kappa shape index (κ3) is 3.01. The Morgan fingerprint density at radius 1 is 1.12 bits per heavy atom. The second kappa shape index (κ2) is 6.49. The van der Waals surface area contributed by atoms with Crippen molar-refractivity contribution in [2.45, 2.75) is 18.9 Å². The van der Waals surface area contributed by atoms with Crippen LogP contribution in [0.2, 0.25) is 5.02 Å². The van der Waals surface area contributed by atoms with Crippen molar-refractivity contribution in [1.82, 2.24) is 4.98 Å². The van der Waals surface area contributed by atoms with Gasteiger partial charge in [0.1, 0.15) is 17.4 Å². The van der Waals surface area contributed by atoms with Crippen molar-refractivity contribution in [1.29, 1.82) is 0 Å². The van der Waals surface area contributed by atoms with Crippen molar-refractivity contribution in [2.75, 3.05) is 18.0 Å². The number of anilines is 1. The number of hydrogen-bond donors (Lipinski definition) is 1. The van der Waals surface area contributed by atoms with Crippen LogP contribution in [-0.4, -0.2) is 29.3 Å². The highest BCUT2D eigenvalue weighted by atomic mass is 35.5. The van der Waals surface area contributed by atoms with Gasteiger partial charge in [0.15, 0.2) is 5.75 Å². The molecule has 0 spiro atoms. The molecule has 24 heavy (non-hydrogen) atoms. The van der Waals surface area contributed by atoms with E-state index in [4.69, 9.17) is 16.3 Å². The number of hydrogen-bond acceptors (Lipinski definition) is 5. The van der Waals surface area contributed by atoms with Gasteiger partial charge >= 0.3 is 0 Å². The normalized spacial score (nSPS) is 15.8. The Morgan fingerprint density at radius 3 is 2.62 bits per heavy atom. The number of thiazole rings is 1. The minimum absolute atomic E-state index is 0.188. The Morgan fingerprint density at radius 2 is 1.88 bits per heavy atom. The summed E-state index contributed by atoms with van der Waals surface area (Å²) in [6.07, 6.45) is 2.02. The second-order valence-electron chi connectivity index (χ2n) is 5.89. The van der Waals surface area contributed by atoms with Crippen molar-refractivity contribution in [2.24, 2.45) is 0 Å². The number of benzene rings is 2. The largest absolute Gasteiger partial charge is 0.504 e. The summed E-state index contributed by atoms with van der Waals surface area (Å²) in [6, 6.07) is 11.5.